The zero-order valence-electron chi connectivity index (χ0n) is 11.6. The Morgan fingerprint density at radius 2 is 2.09 bits per heavy atom. The van der Waals surface area contributed by atoms with Gasteiger partial charge in [-0.15, -0.1) is 21.5 Å². The van der Waals surface area contributed by atoms with Gasteiger partial charge in [-0.25, -0.2) is 4.98 Å². The van der Waals surface area contributed by atoms with Crippen LogP contribution < -0.4 is 5.32 Å². The van der Waals surface area contributed by atoms with Gasteiger partial charge in [0.25, 0.3) is 5.91 Å². The lowest BCUT2D eigenvalue weighted by molar-refractivity contribution is 0.102. The maximum absolute atomic E-state index is 12.5. The van der Waals surface area contributed by atoms with E-state index in [0.29, 0.717) is 16.7 Å². The third-order valence-electron chi connectivity index (χ3n) is 3.57. The van der Waals surface area contributed by atoms with Crippen molar-refractivity contribution in [1.29, 1.82) is 0 Å². The van der Waals surface area contributed by atoms with Crippen molar-refractivity contribution in [3.63, 3.8) is 0 Å². The molecule has 4 rings (SSSR count). The van der Waals surface area contributed by atoms with Crippen LogP contribution in [0.1, 0.15) is 34.1 Å². The summed E-state index contributed by atoms with van der Waals surface area (Å²) in [6, 6.07) is 9.65. The van der Waals surface area contributed by atoms with E-state index in [1.807, 2.05) is 30.3 Å². The van der Waals surface area contributed by atoms with Gasteiger partial charge in [-0.2, -0.15) is 0 Å². The summed E-state index contributed by atoms with van der Waals surface area (Å²) in [5.41, 5.74) is 3.53. The number of thiazole rings is 1. The van der Waals surface area contributed by atoms with E-state index in [1.54, 1.807) is 16.4 Å². The van der Waals surface area contributed by atoms with E-state index in [-0.39, 0.29) is 5.91 Å². The SMILES string of the molecule is O=C(Nc1nncn1-c1ccccc1)c1scnc1C1CC1. The fourth-order valence-corrected chi connectivity index (χ4v) is 3.10. The molecule has 1 fully saturated rings. The summed E-state index contributed by atoms with van der Waals surface area (Å²) in [4.78, 5) is 17.5. The Morgan fingerprint density at radius 3 is 2.86 bits per heavy atom. The van der Waals surface area contributed by atoms with Crippen LogP contribution >= 0.6 is 11.3 Å². The molecule has 0 saturated heterocycles. The van der Waals surface area contributed by atoms with E-state index >= 15 is 0 Å². The zero-order valence-corrected chi connectivity index (χ0v) is 12.5. The summed E-state index contributed by atoms with van der Waals surface area (Å²) >= 11 is 1.37. The van der Waals surface area contributed by atoms with Gasteiger partial charge in [0, 0.05) is 5.92 Å². The Kier molecular flexibility index (Phi) is 3.19. The van der Waals surface area contributed by atoms with Crippen LogP contribution in [0.15, 0.2) is 42.2 Å². The van der Waals surface area contributed by atoms with Gasteiger partial charge in [-0.05, 0) is 25.0 Å². The van der Waals surface area contributed by atoms with Gasteiger partial charge in [0.2, 0.25) is 5.95 Å². The van der Waals surface area contributed by atoms with Gasteiger partial charge in [-0.1, -0.05) is 18.2 Å². The maximum atomic E-state index is 12.5. The second kappa shape index (κ2) is 5.34. The monoisotopic (exact) mass is 311 g/mol. The Bertz CT molecular complexity index is 806. The van der Waals surface area contributed by atoms with Crippen LogP contribution in [0.4, 0.5) is 5.95 Å². The molecule has 2 aromatic heterocycles. The predicted octanol–water partition coefficient (Wildman–Crippen LogP) is 2.85. The fourth-order valence-electron chi connectivity index (χ4n) is 2.33. The van der Waals surface area contributed by atoms with Crippen molar-refractivity contribution in [3.8, 4) is 5.69 Å². The molecule has 1 aliphatic rings. The van der Waals surface area contributed by atoms with Crippen LogP contribution in [-0.2, 0) is 0 Å². The Labute approximate surface area is 130 Å². The number of benzene rings is 1. The molecular formula is C15H13N5OS. The average molecular weight is 311 g/mol. The van der Waals surface area contributed by atoms with Crippen LogP contribution in [0.5, 0.6) is 0 Å². The first kappa shape index (κ1) is 13.1. The Balaban J connectivity index is 1.60. The predicted molar refractivity (Wildman–Crippen MR) is 83.4 cm³/mol. The number of nitrogens with one attached hydrogen (secondary N) is 1. The van der Waals surface area contributed by atoms with Gasteiger partial charge >= 0.3 is 0 Å². The van der Waals surface area contributed by atoms with Crippen LogP contribution in [0.25, 0.3) is 5.69 Å². The lowest BCUT2D eigenvalue weighted by Gasteiger charge is -2.07. The fraction of sp³-hybridized carbons (Fsp3) is 0.200. The molecule has 1 amide bonds. The molecule has 6 nitrogen and oxygen atoms in total. The minimum Gasteiger partial charge on any atom is -0.289 e. The molecule has 3 aromatic rings. The Morgan fingerprint density at radius 1 is 1.27 bits per heavy atom. The molecule has 0 atom stereocenters. The standard InChI is InChI=1S/C15H13N5OS/c21-14(13-12(10-6-7-10)16-9-22-13)18-15-19-17-8-20(15)11-4-2-1-3-5-11/h1-5,8-10H,6-7H2,(H,18,19,21). The molecule has 22 heavy (non-hydrogen) atoms. The highest BCUT2D eigenvalue weighted by Crippen LogP contribution is 2.41. The van der Waals surface area contributed by atoms with Gasteiger partial charge in [0.1, 0.15) is 11.2 Å². The molecule has 1 aromatic carbocycles. The van der Waals surface area contributed by atoms with Crippen LogP contribution in [0.2, 0.25) is 0 Å². The van der Waals surface area contributed by atoms with E-state index in [4.69, 9.17) is 0 Å². The number of rotatable bonds is 4. The van der Waals surface area contributed by atoms with Gasteiger partial charge in [-0.3, -0.25) is 14.7 Å². The van der Waals surface area contributed by atoms with Crippen molar-refractivity contribution in [2.45, 2.75) is 18.8 Å². The molecule has 0 radical (unpaired) electrons. The number of carbonyl (C=O) groups is 1. The topological polar surface area (TPSA) is 72.7 Å². The average Bonchev–Trinajstić information content (AvgIpc) is 3.10. The minimum absolute atomic E-state index is 0.172. The van der Waals surface area contributed by atoms with Crippen LogP contribution in [-0.4, -0.2) is 25.7 Å². The number of carbonyl (C=O) groups excluding carboxylic acids is 1. The summed E-state index contributed by atoms with van der Waals surface area (Å²) in [6.45, 7) is 0. The number of hydrogen-bond acceptors (Lipinski definition) is 5. The molecular weight excluding hydrogens is 298 g/mol. The zero-order chi connectivity index (χ0) is 14.9. The summed E-state index contributed by atoms with van der Waals surface area (Å²) < 4.78 is 1.75. The van der Waals surface area contributed by atoms with Gasteiger partial charge in [0.15, 0.2) is 0 Å². The van der Waals surface area contributed by atoms with Gasteiger partial charge in [0.05, 0.1) is 16.9 Å². The largest absolute Gasteiger partial charge is 0.289 e. The number of aromatic nitrogens is 4. The highest BCUT2D eigenvalue weighted by atomic mass is 32.1. The van der Waals surface area contributed by atoms with Crippen molar-refractivity contribution < 1.29 is 4.79 Å². The first-order chi connectivity index (χ1) is 10.8. The number of anilines is 1. The molecule has 1 aliphatic carbocycles. The second-order valence-electron chi connectivity index (χ2n) is 5.16. The lowest BCUT2D eigenvalue weighted by Crippen LogP contribution is -2.15. The van der Waals surface area contributed by atoms with Crippen molar-refractivity contribution in [3.05, 3.63) is 52.7 Å². The first-order valence-corrected chi connectivity index (χ1v) is 7.91. The van der Waals surface area contributed by atoms with E-state index in [2.05, 4.69) is 20.5 Å². The second-order valence-corrected chi connectivity index (χ2v) is 6.01. The normalized spacial score (nSPS) is 14.0. The third kappa shape index (κ3) is 2.39. The molecule has 1 N–H and O–H groups in total. The van der Waals surface area contributed by atoms with Gasteiger partial charge < -0.3 is 0 Å². The quantitative estimate of drug-likeness (QED) is 0.804. The number of para-hydroxylation sites is 1. The van der Waals surface area contributed by atoms with Crippen LogP contribution in [0.3, 0.4) is 0 Å². The van der Waals surface area contributed by atoms with E-state index < -0.39 is 0 Å². The number of hydrogen-bond donors (Lipinski definition) is 1. The van der Waals surface area contributed by atoms with Crippen molar-refractivity contribution in [1.82, 2.24) is 19.7 Å². The van der Waals surface area contributed by atoms with Crippen molar-refractivity contribution >= 4 is 23.2 Å². The van der Waals surface area contributed by atoms with E-state index in [1.165, 1.54) is 11.3 Å². The molecule has 2 heterocycles. The molecule has 0 aliphatic heterocycles. The van der Waals surface area contributed by atoms with E-state index in [9.17, 15) is 4.79 Å². The molecule has 110 valence electrons. The molecule has 0 bridgehead atoms. The summed E-state index contributed by atoms with van der Waals surface area (Å²) in [6.07, 6.45) is 3.81. The molecule has 1 saturated carbocycles. The van der Waals surface area contributed by atoms with Crippen molar-refractivity contribution in [2.75, 3.05) is 5.32 Å². The third-order valence-corrected chi connectivity index (χ3v) is 4.41. The lowest BCUT2D eigenvalue weighted by atomic mass is 10.2. The molecule has 0 spiro atoms. The number of amides is 1. The summed E-state index contributed by atoms with van der Waals surface area (Å²) in [7, 11) is 0. The smallest absolute Gasteiger partial charge is 0.270 e. The Hall–Kier alpha value is -2.54. The van der Waals surface area contributed by atoms with Crippen molar-refractivity contribution in [2.24, 2.45) is 0 Å². The molecule has 0 unspecified atom stereocenters. The maximum Gasteiger partial charge on any atom is 0.270 e. The highest BCUT2D eigenvalue weighted by molar-refractivity contribution is 7.12. The van der Waals surface area contributed by atoms with Crippen LogP contribution in [0, 0.1) is 0 Å². The number of nitrogens with zero attached hydrogens (tertiary/aromatic N) is 4. The first-order valence-electron chi connectivity index (χ1n) is 7.03. The van der Waals surface area contributed by atoms with E-state index in [0.717, 1.165) is 24.2 Å². The summed E-state index contributed by atoms with van der Waals surface area (Å²) in [5.74, 6) is 0.680. The molecule has 7 heteroatoms. The minimum atomic E-state index is -0.172. The summed E-state index contributed by atoms with van der Waals surface area (Å²) in [5, 5.41) is 10.7. The highest BCUT2D eigenvalue weighted by Gasteiger charge is 2.31.